The molecule has 21 heavy (non-hydrogen) atoms. The first-order valence-corrected chi connectivity index (χ1v) is 8.13. The topological polar surface area (TPSA) is 36.9 Å². The third-order valence-corrected chi connectivity index (χ3v) is 4.41. The van der Waals surface area contributed by atoms with Crippen LogP contribution in [0.1, 0.15) is 40.5 Å². The van der Waals surface area contributed by atoms with E-state index in [1.165, 1.54) is 6.42 Å². The van der Waals surface area contributed by atoms with E-state index in [1.807, 2.05) is 0 Å². The summed E-state index contributed by atoms with van der Waals surface area (Å²) in [7, 11) is 0. The Labute approximate surface area is 147 Å². The van der Waals surface area contributed by atoms with Crippen molar-refractivity contribution in [1.82, 2.24) is 10.2 Å². The lowest BCUT2D eigenvalue weighted by Gasteiger charge is -2.37. The maximum Gasteiger partial charge on any atom is 0.193 e. The first-order valence-electron chi connectivity index (χ1n) is 8.13. The Morgan fingerprint density at radius 3 is 2.52 bits per heavy atom. The summed E-state index contributed by atoms with van der Waals surface area (Å²) in [4.78, 5) is 7.36. The molecule has 0 aromatic rings. The fourth-order valence-corrected chi connectivity index (χ4v) is 3.36. The van der Waals surface area contributed by atoms with Crippen molar-refractivity contribution in [3.05, 3.63) is 0 Å². The van der Waals surface area contributed by atoms with E-state index in [9.17, 15) is 0 Å². The van der Waals surface area contributed by atoms with Gasteiger partial charge in [0.2, 0.25) is 0 Å². The van der Waals surface area contributed by atoms with Gasteiger partial charge in [0.1, 0.15) is 0 Å². The van der Waals surface area contributed by atoms with Gasteiger partial charge in [-0.05, 0) is 31.6 Å². The van der Waals surface area contributed by atoms with Crippen molar-refractivity contribution in [3.8, 4) is 0 Å². The van der Waals surface area contributed by atoms with Crippen molar-refractivity contribution in [2.45, 2.75) is 40.5 Å². The average Bonchev–Trinajstić information content (AvgIpc) is 2.80. The van der Waals surface area contributed by atoms with E-state index in [4.69, 9.17) is 9.73 Å². The number of hydrogen-bond acceptors (Lipinski definition) is 2. The molecule has 124 valence electrons. The number of nitrogens with one attached hydrogen (secondary N) is 1. The van der Waals surface area contributed by atoms with Gasteiger partial charge in [0.15, 0.2) is 5.96 Å². The lowest BCUT2D eigenvalue weighted by molar-refractivity contribution is 0.162. The zero-order chi connectivity index (χ0) is 14.6. The van der Waals surface area contributed by atoms with E-state index >= 15 is 0 Å². The SMILES string of the molecule is CCNC(=NCC1(C)CCOC1)N1CC(C)CC(C)C1.I. The summed E-state index contributed by atoms with van der Waals surface area (Å²) >= 11 is 0. The number of halogens is 1. The van der Waals surface area contributed by atoms with Crippen LogP contribution in [0.15, 0.2) is 4.99 Å². The highest BCUT2D eigenvalue weighted by Crippen LogP contribution is 2.28. The number of likely N-dealkylation sites (tertiary alicyclic amines) is 1. The molecule has 3 atom stereocenters. The second-order valence-corrected chi connectivity index (χ2v) is 7.13. The highest BCUT2D eigenvalue weighted by atomic mass is 127. The van der Waals surface area contributed by atoms with Gasteiger partial charge < -0.3 is 15.0 Å². The van der Waals surface area contributed by atoms with Crippen LogP contribution in [0.2, 0.25) is 0 Å². The van der Waals surface area contributed by atoms with E-state index in [0.717, 1.165) is 63.6 Å². The number of rotatable bonds is 3. The maximum atomic E-state index is 5.53. The summed E-state index contributed by atoms with van der Waals surface area (Å²) in [5.41, 5.74) is 0.230. The normalized spacial score (nSPS) is 33.7. The molecule has 0 bridgehead atoms. The lowest BCUT2D eigenvalue weighted by atomic mass is 9.90. The highest BCUT2D eigenvalue weighted by Gasteiger charge is 2.30. The molecule has 0 aromatic heterocycles. The molecular formula is C16H32IN3O. The Morgan fingerprint density at radius 1 is 1.33 bits per heavy atom. The number of piperidine rings is 1. The van der Waals surface area contributed by atoms with Crippen molar-refractivity contribution < 1.29 is 4.74 Å². The summed E-state index contributed by atoms with van der Waals surface area (Å²) in [6.45, 7) is 14.9. The molecule has 2 fully saturated rings. The zero-order valence-electron chi connectivity index (χ0n) is 14.0. The van der Waals surface area contributed by atoms with Crippen LogP contribution < -0.4 is 5.32 Å². The predicted molar refractivity (Wildman–Crippen MR) is 99.5 cm³/mol. The minimum atomic E-state index is 0. The summed E-state index contributed by atoms with van der Waals surface area (Å²) in [6.07, 6.45) is 2.46. The molecule has 5 heteroatoms. The van der Waals surface area contributed by atoms with Crippen molar-refractivity contribution in [2.24, 2.45) is 22.2 Å². The average molecular weight is 409 g/mol. The van der Waals surface area contributed by atoms with Gasteiger partial charge in [0, 0.05) is 31.7 Å². The van der Waals surface area contributed by atoms with Crippen molar-refractivity contribution in [3.63, 3.8) is 0 Å². The molecule has 2 heterocycles. The molecule has 2 aliphatic rings. The second kappa shape index (κ2) is 8.56. The molecule has 2 aliphatic heterocycles. The van der Waals surface area contributed by atoms with Crippen LogP contribution in [-0.4, -0.2) is 50.3 Å². The summed E-state index contributed by atoms with van der Waals surface area (Å²) < 4.78 is 5.53. The maximum absolute atomic E-state index is 5.53. The van der Waals surface area contributed by atoms with Crippen LogP contribution >= 0.6 is 24.0 Å². The molecule has 4 nitrogen and oxygen atoms in total. The van der Waals surface area contributed by atoms with Crippen molar-refractivity contribution in [2.75, 3.05) is 39.4 Å². The largest absolute Gasteiger partial charge is 0.381 e. The Hall–Kier alpha value is -0.0400. The van der Waals surface area contributed by atoms with Crippen LogP contribution in [0.5, 0.6) is 0 Å². The van der Waals surface area contributed by atoms with Crippen LogP contribution in [0.25, 0.3) is 0 Å². The van der Waals surface area contributed by atoms with E-state index in [0.29, 0.717) is 0 Å². The minimum absolute atomic E-state index is 0. The molecule has 0 amide bonds. The predicted octanol–water partition coefficient (Wildman–Crippen LogP) is 2.97. The van der Waals surface area contributed by atoms with E-state index in [1.54, 1.807) is 0 Å². The standard InChI is InChI=1S/C16H31N3O.HI/c1-5-17-15(18-11-16(4)6-7-20-12-16)19-9-13(2)8-14(3)10-19;/h13-14H,5-12H2,1-4H3,(H,17,18);1H. The first-order chi connectivity index (χ1) is 9.52. The van der Waals surface area contributed by atoms with Crippen LogP contribution in [-0.2, 0) is 4.74 Å². The Balaban J connectivity index is 0.00000220. The fourth-order valence-electron chi connectivity index (χ4n) is 3.36. The summed E-state index contributed by atoms with van der Waals surface area (Å²) in [5.74, 6) is 2.61. The van der Waals surface area contributed by atoms with E-state index < -0.39 is 0 Å². The zero-order valence-corrected chi connectivity index (χ0v) is 16.4. The molecule has 0 radical (unpaired) electrons. The van der Waals surface area contributed by atoms with Gasteiger partial charge >= 0.3 is 0 Å². The smallest absolute Gasteiger partial charge is 0.193 e. The fraction of sp³-hybridized carbons (Fsp3) is 0.938. The molecule has 0 saturated carbocycles. The number of hydrogen-bond donors (Lipinski definition) is 1. The quantitative estimate of drug-likeness (QED) is 0.443. The van der Waals surface area contributed by atoms with E-state index in [2.05, 4.69) is 37.9 Å². The van der Waals surface area contributed by atoms with Crippen LogP contribution in [0, 0.1) is 17.3 Å². The van der Waals surface area contributed by atoms with Crippen LogP contribution in [0.3, 0.4) is 0 Å². The molecule has 0 spiro atoms. The number of guanidine groups is 1. The number of aliphatic imine (C=N–C) groups is 1. The minimum Gasteiger partial charge on any atom is -0.381 e. The van der Waals surface area contributed by atoms with E-state index in [-0.39, 0.29) is 29.4 Å². The van der Waals surface area contributed by atoms with Gasteiger partial charge in [-0.3, -0.25) is 4.99 Å². The third-order valence-electron chi connectivity index (χ3n) is 4.41. The van der Waals surface area contributed by atoms with Gasteiger partial charge in [-0.2, -0.15) is 0 Å². The highest BCUT2D eigenvalue weighted by molar-refractivity contribution is 14.0. The van der Waals surface area contributed by atoms with Crippen molar-refractivity contribution >= 4 is 29.9 Å². The summed E-state index contributed by atoms with van der Waals surface area (Å²) in [6, 6.07) is 0. The second-order valence-electron chi connectivity index (χ2n) is 7.13. The summed E-state index contributed by atoms with van der Waals surface area (Å²) in [5, 5.41) is 3.47. The molecular weight excluding hydrogens is 377 g/mol. The molecule has 3 unspecified atom stereocenters. The molecule has 1 N–H and O–H groups in total. The first kappa shape index (κ1) is 19.0. The monoisotopic (exact) mass is 409 g/mol. The molecule has 2 saturated heterocycles. The molecule has 0 aliphatic carbocycles. The molecule has 0 aromatic carbocycles. The molecule has 2 rings (SSSR count). The van der Waals surface area contributed by atoms with Gasteiger partial charge in [0.25, 0.3) is 0 Å². The Morgan fingerprint density at radius 2 is 2.00 bits per heavy atom. The van der Waals surface area contributed by atoms with Crippen molar-refractivity contribution in [1.29, 1.82) is 0 Å². The number of ether oxygens (including phenoxy) is 1. The van der Waals surface area contributed by atoms with Gasteiger partial charge in [-0.1, -0.05) is 20.8 Å². The third kappa shape index (κ3) is 5.58. The Kier molecular flexibility index (Phi) is 7.74. The lowest BCUT2D eigenvalue weighted by Crippen LogP contribution is -2.48. The van der Waals surface area contributed by atoms with Gasteiger partial charge in [-0.25, -0.2) is 0 Å². The van der Waals surface area contributed by atoms with Crippen LogP contribution in [0.4, 0.5) is 0 Å². The van der Waals surface area contributed by atoms with Gasteiger partial charge in [0.05, 0.1) is 13.2 Å². The van der Waals surface area contributed by atoms with Gasteiger partial charge in [-0.15, -0.1) is 24.0 Å². The Bertz CT molecular complexity index is 332. The number of nitrogens with zero attached hydrogens (tertiary/aromatic N) is 2.